The van der Waals surface area contributed by atoms with Gasteiger partial charge < -0.3 is 0 Å². The summed E-state index contributed by atoms with van der Waals surface area (Å²) in [5.74, 6) is 1.74. The molecule has 2 rings (SSSR count). The number of alkyl halides is 1. The summed E-state index contributed by atoms with van der Waals surface area (Å²) in [6.07, 6.45) is 6.95. The van der Waals surface area contributed by atoms with Gasteiger partial charge in [0.05, 0.1) is 6.54 Å². The van der Waals surface area contributed by atoms with E-state index >= 15 is 0 Å². The van der Waals surface area contributed by atoms with Crippen LogP contribution in [0.1, 0.15) is 51.4 Å². The van der Waals surface area contributed by atoms with E-state index in [0.717, 1.165) is 18.9 Å². The lowest BCUT2D eigenvalue weighted by atomic mass is 10.2. The minimum Gasteiger partial charge on any atom is -0.292 e. The van der Waals surface area contributed by atoms with Crippen molar-refractivity contribution < 1.29 is 0 Å². The Bertz CT molecular complexity index is 358. The van der Waals surface area contributed by atoms with E-state index in [1.54, 1.807) is 6.33 Å². The fourth-order valence-corrected chi connectivity index (χ4v) is 2.99. The van der Waals surface area contributed by atoms with Crippen LogP contribution in [0.15, 0.2) is 6.33 Å². The molecule has 0 bridgehead atoms. The van der Waals surface area contributed by atoms with Gasteiger partial charge in [-0.1, -0.05) is 12.8 Å². The Balaban J connectivity index is 2.05. The molecule has 18 heavy (non-hydrogen) atoms. The van der Waals surface area contributed by atoms with E-state index < -0.39 is 0 Å². The van der Waals surface area contributed by atoms with Gasteiger partial charge in [-0.2, -0.15) is 5.10 Å². The van der Waals surface area contributed by atoms with Crippen LogP contribution in [0.3, 0.4) is 0 Å². The average Bonchev–Trinajstić information content (AvgIpc) is 2.99. The third-order valence-electron chi connectivity index (χ3n) is 3.69. The van der Waals surface area contributed by atoms with E-state index in [4.69, 9.17) is 11.6 Å². The maximum Gasteiger partial charge on any atom is 0.141 e. The zero-order chi connectivity index (χ0) is 13.0. The van der Waals surface area contributed by atoms with Gasteiger partial charge >= 0.3 is 0 Å². The Morgan fingerprint density at radius 3 is 2.78 bits per heavy atom. The van der Waals surface area contributed by atoms with Crippen molar-refractivity contribution in [3.63, 3.8) is 0 Å². The molecular formula is C13H23ClN4. The second-order valence-corrected chi connectivity index (χ2v) is 5.69. The molecule has 0 atom stereocenters. The van der Waals surface area contributed by atoms with Crippen molar-refractivity contribution in [1.29, 1.82) is 0 Å². The molecule has 5 heteroatoms. The molecule has 0 spiro atoms. The summed E-state index contributed by atoms with van der Waals surface area (Å²) in [6.45, 7) is 6.09. The summed E-state index contributed by atoms with van der Waals surface area (Å²) in [6, 6.07) is 1.05. The number of hydrogen-bond acceptors (Lipinski definition) is 3. The van der Waals surface area contributed by atoms with E-state index in [2.05, 4.69) is 28.8 Å². The maximum atomic E-state index is 5.93. The van der Waals surface area contributed by atoms with Gasteiger partial charge in [-0.15, -0.1) is 11.6 Å². The first-order valence-electron chi connectivity index (χ1n) is 6.90. The zero-order valence-corrected chi connectivity index (χ0v) is 12.1. The zero-order valence-electron chi connectivity index (χ0n) is 11.3. The van der Waals surface area contributed by atoms with E-state index in [-0.39, 0.29) is 0 Å². The number of rotatable bonds is 6. The lowest BCUT2D eigenvalue weighted by Gasteiger charge is -2.27. The molecule has 0 aliphatic heterocycles. The first-order chi connectivity index (χ1) is 8.72. The van der Waals surface area contributed by atoms with Crippen molar-refractivity contribution in [2.75, 3.05) is 12.4 Å². The molecule has 0 radical (unpaired) electrons. The number of aromatic nitrogens is 3. The van der Waals surface area contributed by atoms with Crippen LogP contribution in [0.25, 0.3) is 0 Å². The minimum absolute atomic E-state index is 0.365. The van der Waals surface area contributed by atoms with Crippen LogP contribution in [-0.4, -0.2) is 38.1 Å². The van der Waals surface area contributed by atoms with Crippen LogP contribution in [-0.2, 0) is 6.54 Å². The van der Waals surface area contributed by atoms with Gasteiger partial charge in [-0.3, -0.25) is 4.90 Å². The highest BCUT2D eigenvalue weighted by Gasteiger charge is 2.23. The van der Waals surface area contributed by atoms with Gasteiger partial charge in [0.15, 0.2) is 0 Å². The Morgan fingerprint density at radius 2 is 2.17 bits per heavy atom. The van der Waals surface area contributed by atoms with Gasteiger partial charge in [0.25, 0.3) is 0 Å². The fourth-order valence-electron chi connectivity index (χ4n) is 2.77. The summed E-state index contributed by atoms with van der Waals surface area (Å²) < 4.78 is 2.01. The van der Waals surface area contributed by atoms with Crippen LogP contribution in [0.4, 0.5) is 0 Å². The van der Waals surface area contributed by atoms with Crippen LogP contribution >= 0.6 is 11.6 Å². The van der Waals surface area contributed by atoms with Gasteiger partial charge in [0, 0.05) is 24.5 Å². The lowest BCUT2D eigenvalue weighted by Crippen LogP contribution is -2.35. The topological polar surface area (TPSA) is 34.0 Å². The normalized spacial score (nSPS) is 17.2. The Kier molecular flexibility index (Phi) is 5.01. The first kappa shape index (κ1) is 13.8. The maximum absolute atomic E-state index is 5.93. The smallest absolute Gasteiger partial charge is 0.141 e. The number of nitrogens with zero attached hydrogens (tertiary/aromatic N) is 4. The molecule has 0 unspecified atom stereocenters. The molecule has 0 amide bonds. The molecule has 102 valence electrons. The molecule has 1 aliphatic rings. The van der Waals surface area contributed by atoms with Crippen molar-refractivity contribution >= 4 is 11.6 Å². The molecule has 0 N–H and O–H groups in total. The molecule has 1 aromatic rings. The molecule has 4 nitrogen and oxygen atoms in total. The highest BCUT2D eigenvalue weighted by atomic mass is 35.5. The van der Waals surface area contributed by atoms with Gasteiger partial charge in [-0.05, 0) is 26.7 Å². The Hall–Kier alpha value is -0.610. The van der Waals surface area contributed by atoms with Crippen molar-refractivity contribution in [2.45, 2.75) is 58.2 Å². The van der Waals surface area contributed by atoms with Crippen LogP contribution in [0.5, 0.6) is 0 Å². The van der Waals surface area contributed by atoms with Crippen LogP contribution < -0.4 is 0 Å². The van der Waals surface area contributed by atoms with Crippen molar-refractivity contribution in [2.24, 2.45) is 0 Å². The van der Waals surface area contributed by atoms with E-state index in [0.29, 0.717) is 18.0 Å². The summed E-state index contributed by atoms with van der Waals surface area (Å²) >= 11 is 5.93. The minimum atomic E-state index is 0.365. The van der Waals surface area contributed by atoms with Crippen LogP contribution in [0, 0.1) is 0 Å². The average molecular weight is 271 g/mol. The first-order valence-corrected chi connectivity index (χ1v) is 7.44. The molecular weight excluding hydrogens is 248 g/mol. The SMILES string of the molecule is CC(C)n1ncnc1CN(CCCl)C1CCCC1. The van der Waals surface area contributed by atoms with Crippen molar-refractivity contribution in [3.05, 3.63) is 12.2 Å². The molecule has 1 aliphatic carbocycles. The quantitative estimate of drug-likeness (QED) is 0.746. The monoisotopic (exact) mass is 270 g/mol. The highest BCUT2D eigenvalue weighted by Crippen LogP contribution is 2.24. The van der Waals surface area contributed by atoms with Gasteiger partial charge in [0.1, 0.15) is 12.2 Å². The molecule has 1 saturated carbocycles. The second-order valence-electron chi connectivity index (χ2n) is 5.31. The Morgan fingerprint density at radius 1 is 1.44 bits per heavy atom. The van der Waals surface area contributed by atoms with Crippen LogP contribution in [0.2, 0.25) is 0 Å². The number of hydrogen-bond donors (Lipinski definition) is 0. The molecule has 0 saturated heterocycles. The van der Waals surface area contributed by atoms with Gasteiger partial charge in [-0.25, -0.2) is 9.67 Å². The standard InChI is InChI=1S/C13H23ClN4/c1-11(2)18-13(15-10-16-18)9-17(8-7-14)12-5-3-4-6-12/h10-12H,3-9H2,1-2H3. The van der Waals surface area contributed by atoms with E-state index in [9.17, 15) is 0 Å². The third kappa shape index (κ3) is 3.23. The summed E-state index contributed by atoms with van der Waals surface area (Å²) in [7, 11) is 0. The molecule has 1 heterocycles. The van der Waals surface area contributed by atoms with E-state index in [1.807, 2.05) is 4.68 Å². The van der Waals surface area contributed by atoms with Crippen molar-refractivity contribution in [1.82, 2.24) is 19.7 Å². The van der Waals surface area contributed by atoms with E-state index in [1.165, 1.54) is 25.7 Å². The second kappa shape index (κ2) is 6.53. The van der Waals surface area contributed by atoms with Crippen molar-refractivity contribution in [3.8, 4) is 0 Å². The lowest BCUT2D eigenvalue weighted by molar-refractivity contribution is 0.192. The summed E-state index contributed by atoms with van der Waals surface area (Å²) in [5, 5.41) is 4.30. The fraction of sp³-hybridized carbons (Fsp3) is 0.846. The van der Waals surface area contributed by atoms with Gasteiger partial charge in [0.2, 0.25) is 0 Å². The summed E-state index contributed by atoms with van der Waals surface area (Å²) in [4.78, 5) is 6.87. The molecule has 1 fully saturated rings. The third-order valence-corrected chi connectivity index (χ3v) is 3.86. The molecule has 1 aromatic heterocycles. The predicted molar refractivity (Wildman–Crippen MR) is 73.8 cm³/mol. The molecule has 0 aromatic carbocycles. The Labute approximate surface area is 114 Å². The summed E-state index contributed by atoms with van der Waals surface area (Å²) in [5.41, 5.74) is 0. The predicted octanol–water partition coefficient (Wildman–Crippen LogP) is 2.84. The number of halogens is 1. The largest absolute Gasteiger partial charge is 0.292 e. The highest BCUT2D eigenvalue weighted by molar-refractivity contribution is 6.18.